The van der Waals surface area contributed by atoms with E-state index in [9.17, 15) is 9.59 Å². The van der Waals surface area contributed by atoms with Crippen LogP contribution in [0.1, 0.15) is 57.4 Å². The second kappa shape index (κ2) is 9.65. The number of rotatable bonds is 5. The molecule has 5 rings (SSSR count). The number of nitrogens with two attached hydrogens (primary N) is 1. The highest BCUT2D eigenvalue weighted by Gasteiger charge is 2.47. The van der Waals surface area contributed by atoms with Crippen molar-refractivity contribution in [3.63, 3.8) is 0 Å². The van der Waals surface area contributed by atoms with Crippen LogP contribution in [0.5, 0.6) is 0 Å². The Morgan fingerprint density at radius 3 is 2.51 bits per heavy atom. The summed E-state index contributed by atoms with van der Waals surface area (Å²) in [6, 6.07) is 15.5. The zero-order valence-electron chi connectivity index (χ0n) is 20.3. The quantitative estimate of drug-likeness (QED) is 0.641. The summed E-state index contributed by atoms with van der Waals surface area (Å²) in [6.07, 6.45) is 7.29. The van der Waals surface area contributed by atoms with Crippen molar-refractivity contribution in [2.75, 3.05) is 13.1 Å². The third kappa shape index (κ3) is 4.56. The standard InChI is InChI=1S/C28H33ClN4O2/c1-28(22-12-5-10-20(16-22)21-11-6-13-23(29)17-21)26(35)33(27(30)31-28)18-24-14-7-15-32(24)25(34)19-8-3-2-4-9-19/h5-6,10-13,16-17,19,24H,2-4,7-9,14-15,18H2,1H3,(H2,30,31)/t24-,28?/m0/s1. The molecule has 2 aromatic carbocycles. The second-order valence-corrected chi connectivity index (χ2v) is 10.6. The van der Waals surface area contributed by atoms with Crippen molar-refractivity contribution in [2.45, 2.75) is 63.5 Å². The van der Waals surface area contributed by atoms with E-state index in [0.717, 1.165) is 61.8 Å². The van der Waals surface area contributed by atoms with Crippen LogP contribution in [-0.2, 0) is 15.1 Å². The third-order valence-electron chi connectivity index (χ3n) is 7.87. The number of halogens is 1. The largest absolute Gasteiger partial charge is 0.369 e. The van der Waals surface area contributed by atoms with Gasteiger partial charge in [-0.15, -0.1) is 0 Å². The lowest BCUT2D eigenvalue weighted by atomic mass is 9.88. The average molecular weight is 493 g/mol. The molecule has 3 aliphatic rings. The molecular weight excluding hydrogens is 460 g/mol. The fourth-order valence-electron chi connectivity index (χ4n) is 5.85. The number of carbonyl (C=O) groups excluding carboxylic acids is 2. The maximum Gasteiger partial charge on any atom is 0.261 e. The van der Waals surface area contributed by atoms with Crippen LogP contribution in [0.3, 0.4) is 0 Å². The molecule has 2 aliphatic heterocycles. The Morgan fingerprint density at radius 2 is 1.77 bits per heavy atom. The number of benzene rings is 2. The van der Waals surface area contributed by atoms with Crippen LogP contribution in [0.4, 0.5) is 0 Å². The lowest BCUT2D eigenvalue weighted by Gasteiger charge is -2.33. The van der Waals surface area contributed by atoms with Crippen LogP contribution >= 0.6 is 11.6 Å². The van der Waals surface area contributed by atoms with Gasteiger partial charge in [-0.25, -0.2) is 4.99 Å². The molecule has 2 aromatic rings. The van der Waals surface area contributed by atoms with Crippen LogP contribution in [0.25, 0.3) is 11.1 Å². The van der Waals surface area contributed by atoms with Gasteiger partial charge in [0.05, 0.1) is 0 Å². The number of hydrogen-bond donors (Lipinski definition) is 1. The molecule has 2 heterocycles. The van der Waals surface area contributed by atoms with Gasteiger partial charge in [0.2, 0.25) is 5.91 Å². The molecule has 2 amide bonds. The minimum Gasteiger partial charge on any atom is -0.369 e. The summed E-state index contributed by atoms with van der Waals surface area (Å²) in [5.41, 5.74) is 7.95. The van der Waals surface area contributed by atoms with Gasteiger partial charge in [0, 0.05) is 30.1 Å². The van der Waals surface area contributed by atoms with Crippen LogP contribution in [-0.4, -0.2) is 46.7 Å². The Kier molecular flexibility index (Phi) is 6.58. The molecule has 0 radical (unpaired) electrons. The van der Waals surface area contributed by atoms with Gasteiger partial charge in [0.25, 0.3) is 5.91 Å². The first-order valence-corrected chi connectivity index (χ1v) is 13.1. The van der Waals surface area contributed by atoms with E-state index < -0.39 is 5.54 Å². The van der Waals surface area contributed by atoms with Crippen molar-refractivity contribution >= 4 is 29.4 Å². The number of likely N-dealkylation sites (tertiary alicyclic amines) is 1. The fraction of sp³-hybridized carbons (Fsp3) is 0.464. The van der Waals surface area contributed by atoms with Crippen molar-refractivity contribution in [2.24, 2.45) is 16.6 Å². The van der Waals surface area contributed by atoms with Gasteiger partial charge in [-0.1, -0.05) is 61.2 Å². The summed E-state index contributed by atoms with van der Waals surface area (Å²) in [5, 5.41) is 0.661. The van der Waals surface area contributed by atoms with E-state index in [4.69, 9.17) is 17.3 Å². The summed E-state index contributed by atoms with van der Waals surface area (Å²) in [7, 11) is 0. The monoisotopic (exact) mass is 492 g/mol. The number of amides is 2. The molecule has 0 bridgehead atoms. The molecule has 35 heavy (non-hydrogen) atoms. The summed E-state index contributed by atoms with van der Waals surface area (Å²) in [4.78, 5) is 35.2. The van der Waals surface area contributed by atoms with Crippen molar-refractivity contribution < 1.29 is 9.59 Å². The number of aliphatic imine (C=N–C) groups is 1. The van der Waals surface area contributed by atoms with Gasteiger partial charge < -0.3 is 10.6 Å². The molecule has 7 heteroatoms. The summed E-state index contributed by atoms with van der Waals surface area (Å²) >= 11 is 6.19. The molecule has 6 nitrogen and oxygen atoms in total. The highest BCUT2D eigenvalue weighted by atomic mass is 35.5. The molecule has 0 aromatic heterocycles. The van der Waals surface area contributed by atoms with E-state index in [1.807, 2.05) is 60.4 Å². The normalized spacial score (nSPS) is 25.3. The summed E-state index contributed by atoms with van der Waals surface area (Å²) in [6.45, 7) is 2.98. The average Bonchev–Trinajstić information content (AvgIpc) is 3.43. The van der Waals surface area contributed by atoms with E-state index in [-0.39, 0.29) is 29.7 Å². The number of carbonyl (C=O) groups is 2. The lowest BCUT2D eigenvalue weighted by Crippen LogP contribution is -2.50. The van der Waals surface area contributed by atoms with Gasteiger partial charge in [-0.2, -0.15) is 0 Å². The van der Waals surface area contributed by atoms with Crippen LogP contribution in [0, 0.1) is 5.92 Å². The number of guanidine groups is 1. The molecule has 2 fully saturated rings. The van der Waals surface area contributed by atoms with E-state index >= 15 is 0 Å². The van der Waals surface area contributed by atoms with Crippen LogP contribution in [0.2, 0.25) is 5.02 Å². The molecule has 1 aliphatic carbocycles. The van der Waals surface area contributed by atoms with E-state index in [2.05, 4.69) is 4.99 Å². The summed E-state index contributed by atoms with van der Waals surface area (Å²) in [5.74, 6) is 0.466. The molecule has 2 atom stereocenters. The predicted molar refractivity (Wildman–Crippen MR) is 139 cm³/mol. The zero-order valence-corrected chi connectivity index (χ0v) is 21.0. The van der Waals surface area contributed by atoms with Crippen molar-refractivity contribution in [1.29, 1.82) is 0 Å². The highest BCUT2D eigenvalue weighted by Crippen LogP contribution is 2.36. The van der Waals surface area contributed by atoms with E-state index in [1.54, 1.807) is 4.90 Å². The number of nitrogens with zero attached hydrogens (tertiary/aromatic N) is 3. The molecule has 0 spiro atoms. The van der Waals surface area contributed by atoms with Gasteiger partial charge >= 0.3 is 0 Å². The molecular formula is C28H33ClN4O2. The first kappa shape index (κ1) is 23.9. The Labute approximate surface area is 212 Å². The van der Waals surface area contributed by atoms with Gasteiger partial charge in [0.15, 0.2) is 11.5 Å². The van der Waals surface area contributed by atoms with Gasteiger partial charge in [0.1, 0.15) is 0 Å². The predicted octanol–water partition coefficient (Wildman–Crippen LogP) is 4.95. The van der Waals surface area contributed by atoms with E-state index in [1.165, 1.54) is 6.42 Å². The highest BCUT2D eigenvalue weighted by molar-refractivity contribution is 6.30. The summed E-state index contributed by atoms with van der Waals surface area (Å²) < 4.78 is 0. The third-order valence-corrected chi connectivity index (χ3v) is 8.10. The van der Waals surface area contributed by atoms with Crippen molar-refractivity contribution in [3.8, 4) is 11.1 Å². The SMILES string of the molecule is CC1(c2cccc(-c3cccc(Cl)c3)c2)N=C(N)N(C[C@@H]2CCCN2C(=O)C2CCCCC2)C1=O. The Hall–Kier alpha value is -2.86. The molecule has 1 unspecified atom stereocenters. The Balaban J connectivity index is 1.35. The van der Waals surface area contributed by atoms with Crippen molar-refractivity contribution in [3.05, 3.63) is 59.1 Å². The minimum atomic E-state index is -1.10. The molecule has 184 valence electrons. The maximum atomic E-state index is 13.7. The Morgan fingerprint density at radius 1 is 1.06 bits per heavy atom. The maximum absolute atomic E-state index is 13.7. The first-order chi connectivity index (χ1) is 16.9. The Bertz CT molecular complexity index is 1160. The zero-order chi connectivity index (χ0) is 24.6. The van der Waals surface area contributed by atoms with Crippen LogP contribution < -0.4 is 5.73 Å². The van der Waals surface area contributed by atoms with Gasteiger partial charge in [-0.3, -0.25) is 14.5 Å². The number of hydrogen-bond acceptors (Lipinski definition) is 4. The van der Waals surface area contributed by atoms with Gasteiger partial charge in [-0.05, 0) is 67.5 Å². The molecule has 1 saturated heterocycles. The topological polar surface area (TPSA) is 79.0 Å². The molecule has 2 N–H and O–H groups in total. The lowest BCUT2D eigenvalue weighted by molar-refractivity contribution is -0.139. The van der Waals surface area contributed by atoms with Crippen molar-refractivity contribution in [1.82, 2.24) is 9.80 Å². The second-order valence-electron chi connectivity index (χ2n) is 10.2. The molecule has 1 saturated carbocycles. The smallest absolute Gasteiger partial charge is 0.261 e. The van der Waals surface area contributed by atoms with E-state index in [0.29, 0.717) is 11.6 Å². The minimum absolute atomic E-state index is 0.0118. The fourth-order valence-corrected chi connectivity index (χ4v) is 6.04. The first-order valence-electron chi connectivity index (χ1n) is 12.7. The van der Waals surface area contributed by atoms with Crippen LogP contribution in [0.15, 0.2) is 53.5 Å².